The molecule has 4 nitrogen and oxygen atoms in total. The van der Waals surface area contributed by atoms with Crippen LogP contribution in [0, 0.1) is 0 Å². The summed E-state index contributed by atoms with van der Waals surface area (Å²) in [5.41, 5.74) is 0.988. The van der Waals surface area contributed by atoms with Crippen molar-refractivity contribution in [1.82, 2.24) is 0 Å². The van der Waals surface area contributed by atoms with Crippen LogP contribution in [0.3, 0.4) is 0 Å². The molecule has 14 heavy (non-hydrogen) atoms. The molecule has 0 fully saturated rings. The second-order valence-corrected chi connectivity index (χ2v) is 4.75. The molecule has 0 aromatic heterocycles. The summed E-state index contributed by atoms with van der Waals surface area (Å²) in [4.78, 5) is 0. The Morgan fingerprint density at radius 1 is 1.21 bits per heavy atom. The van der Waals surface area contributed by atoms with Gasteiger partial charge in [0.05, 0.1) is 5.75 Å². The minimum absolute atomic E-state index is 0.0207. The monoisotopic (exact) mass is 214 g/mol. The van der Waals surface area contributed by atoms with Crippen LogP contribution in [0.4, 0.5) is 5.69 Å². The number of anilines is 1. The summed E-state index contributed by atoms with van der Waals surface area (Å²) in [6, 6.07) is 9.62. The molecule has 0 radical (unpaired) electrons. The molecule has 3 N–H and O–H groups in total. The number of rotatable bonds is 5. The highest BCUT2D eigenvalue weighted by Gasteiger charge is 2.00. The van der Waals surface area contributed by atoms with Gasteiger partial charge in [0.15, 0.2) is 0 Å². The number of nitrogens with one attached hydrogen (secondary N) is 1. The normalized spacial score (nSPS) is 11.2. The van der Waals surface area contributed by atoms with Gasteiger partial charge >= 0.3 is 0 Å². The fourth-order valence-electron chi connectivity index (χ4n) is 1.06. The molecule has 1 rings (SSSR count). The summed E-state index contributed by atoms with van der Waals surface area (Å²) in [7, 11) is -3.32. The maximum Gasteiger partial charge on any atom is 0.209 e. The van der Waals surface area contributed by atoms with Crippen LogP contribution < -0.4 is 10.5 Å². The Bertz CT molecular complexity index is 362. The van der Waals surface area contributed by atoms with Crippen molar-refractivity contribution in [3.8, 4) is 0 Å². The largest absolute Gasteiger partial charge is 0.385 e. The van der Waals surface area contributed by atoms with E-state index in [1.54, 1.807) is 0 Å². The zero-order valence-electron chi connectivity index (χ0n) is 7.81. The maximum absolute atomic E-state index is 10.6. The topological polar surface area (TPSA) is 72.2 Å². The molecule has 0 unspecified atom stereocenters. The smallest absolute Gasteiger partial charge is 0.209 e. The molecular formula is C9H14N2O2S. The Morgan fingerprint density at radius 3 is 2.43 bits per heavy atom. The molecule has 78 valence electrons. The van der Waals surface area contributed by atoms with Crippen molar-refractivity contribution >= 4 is 15.7 Å². The van der Waals surface area contributed by atoms with E-state index in [0.717, 1.165) is 5.69 Å². The predicted octanol–water partition coefficient (Wildman–Crippen LogP) is 0.777. The molecule has 0 aliphatic rings. The van der Waals surface area contributed by atoms with Crippen LogP contribution >= 0.6 is 0 Å². The molecule has 0 saturated heterocycles. The zero-order valence-corrected chi connectivity index (χ0v) is 8.63. The molecule has 0 aliphatic heterocycles. The molecule has 0 aliphatic carbocycles. The quantitative estimate of drug-likeness (QED) is 0.711. The minimum Gasteiger partial charge on any atom is -0.385 e. The van der Waals surface area contributed by atoms with Crippen LogP contribution in [0.2, 0.25) is 0 Å². The third-order valence-electron chi connectivity index (χ3n) is 1.71. The summed E-state index contributed by atoms with van der Waals surface area (Å²) >= 11 is 0. The Kier molecular flexibility index (Phi) is 3.91. The van der Waals surface area contributed by atoms with E-state index in [9.17, 15) is 8.42 Å². The third kappa shape index (κ3) is 4.84. The van der Waals surface area contributed by atoms with Gasteiger partial charge in [0, 0.05) is 12.2 Å². The molecular weight excluding hydrogens is 200 g/mol. The summed E-state index contributed by atoms with van der Waals surface area (Å²) in [5, 5.41) is 7.96. The van der Waals surface area contributed by atoms with Crippen LogP contribution in [-0.2, 0) is 10.0 Å². The summed E-state index contributed by atoms with van der Waals surface area (Å²) in [6.45, 7) is 0.612. The minimum atomic E-state index is -3.32. The Labute approximate surface area is 84.2 Å². The van der Waals surface area contributed by atoms with E-state index in [2.05, 4.69) is 5.32 Å². The zero-order chi connectivity index (χ0) is 10.4. The van der Waals surface area contributed by atoms with Crippen molar-refractivity contribution in [2.75, 3.05) is 17.6 Å². The van der Waals surface area contributed by atoms with Gasteiger partial charge in [-0.25, -0.2) is 13.6 Å². The average Bonchev–Trinajstić information content (AvgIpc) is 2.13. The van der Waals surface area contributed by atoms with E-state index in [1.807, 2.05) is 30.3 Å². The van der Waals surface area contributed by atoms with E-state index < -0.39 is 10.0 Å². The van der Waals surface area contributed by atoms with Crippen LogP contribution in [-0.4, -0.2) is 20.7 Å². The standard InChI is InChI=1S/C9H14N2O2S/c10-14(12,13)8-4-7-11-9-5-2-1-3-6-9/h1-3,5-6,11H,4,7-8H2,(H2,10,12,13). The summed E-state index contributed by atoms with van der Waals surface area (Å²) < 4.78 is 21.2. The molecule has 0 spiro atoms. The van der Waals surface area contributed by atoms with E-state index in [0.29, 0.717) is 13.0 Å². The fraction of sp³-hybridized carbons (Fsp3) is 0.333. The number of primary sulfonamides is 1. The van der Waals surface area contributed by atoms with Crippen LogP contribution in [0.5, 0.6) is 0 Å². The van der Waals surface area contributed by atoms with E-state index >= 15 is 0 Å². The van der Waals surface area contributed by atoms with Crippen molar-refractivity contribution in [2.45, 2.75) is 6.42 Å². The molecule has 0 bridgehead atoms. The predicted molar refractivity (Wildman–Crippen MR) is 57.5 cm³/mol. The van der Waals surface area contributed by atoms with E-state index in [4.69, 9.17) is 5.14 Å². The van der Waals surface area contributed by atoms with Gasteiger partial charge in [-0.15, -0.1) is 0 Å². The molecule has 0 heterocycles. The van der Waals surface area contributed by atoms with Gasteiger partial charge in [-0.05, 0) is 18.6 Å². The molecule has 0 saturated carbocycles. The second kappa shape index (κ2) is 4.97. The number of hydrogen-bond acceptors (Lipinski definition) is 3. The number of nitrogens with two attached hydrogens (primary N) is 1. The molecule has 0 amide bonds. The van der Waals surface area contributed by atoms with Crippen LogP contribution in [0.25, 0.3) is 0 Å². The van der Waals surface area contributed by atoms with Gasteiger partial charge in [-0.2, -0.15) is 0 Å². The number of benzene rings is 1. The first-order chi connectivity index (χ1) is 6.58. The van der Waals surface area contributed by atoms with Gasteiger partial charge in [-0.3, -0.25) is 0 Å². The lowest BCUT2D eigenvalue weighted by Gasteiger charge is -2.04. The lowest BCUT2D eigenvalue weighted by atomic mass is 10.3. The van der Waals surface area contributed by atoms with Crippen molar-refractivity contribution in [3.63, 3.8) is 0 Å². The first kappa shape index (κ1) is 11.0. The van der Waals surface area contributed by atoms with Gasteiger partial charge in [-0.1, -0.05) is 18.2 Å². The average molecular weight is 214 g/mol. The van der Waals surface area contributed by atoms with Crippen molar-refractivity contribution in [1.29, 1.82) is 0 Å². The number of para-hydroxylation sites is 1. The van der Waals surface area contributed by atoms with Gasteiger partial charge < -0.3 is 5.32 Å². The Hall–Kier alpha value is -1.07. The van der Waals surface area contributed by atoms with Gasteiger partial charge in [0.25, 0.3) is 0 Å². The Balaban J connectivity index is 2.23. The molecule has 5 heteroatoms. The highest BCUT2D eigenvalue weighted by molar-refractivity contribution is 7.89. The molecule has 1 aromatic rings. The highest BCUT2D eigenvalue weighted by atomic mass is 32.2. The number of sulfonamides is 1. The molecule has 0 atom stereocenters. The maximum atomic E-state index is 10.6. The first-order valence-corrected chi connectivity index (χ1v) is 6.09. The lowest BCUT2D eigenvalue weighted by Crippen LogP contribution is -2.18. The third-order valence-corrected chi connectivity index (χ3v) is 2.57. The summed E-state index contributed by atoms with van der Waals surface area (Å²) in [5.74, 6) is 0.0207. The van der Waals surface area contributed by atoms with Crippen molar-refractivity contribution in [2.24, 2.45) is 5.14 Å². The first-order valence-electron chi connectivity index (χ1n) is 4.37. The SMILES string of the molecule is NS(=O)(=O)CCCNc1ccccc1. The van der Waals surface area contributed by atoms with Crippen molar-refractivity contribution in [3.05, 3.63) is 30.3 Å². The van der Waals surface area contributed by atoms with Gasteiger partial charge in [0.1, 0.15) is 0 Å². The lowest BCUT2D eigenvalue weighted by molar-refractivity contribution is 0.596. The van der Waals surface area contributed by atoms with E-state index in [-0.39, 0.29) is 5.75 Å². The van der Waals surface area contributed by atoms with Crippen LogP contribution in [0.1, 0.15) is 6.42 Å². The summed E-state index contributed by atoms with van der Waals surface area (Å²) in [6.07, 6.45) is 0.522. The van der Waals surface area contributed by atoms with Crippen LogP contribution in [0.15, 0.2) is 30.3 Å². The van der Waals surface area contributed by atoms with E-state index in [1.165, 1.54) is 0 Å². The van der Waals surface area contributed by atoms with Gasteiger partial charge in [0.2, 0.25) is 10.0 Å². The second-order valence-electron chi connectivity index (χ2n) is 3.01. The fourth-order valence-corrected chi connectivity index (χ4v) is 1.61. The number of hydrogen-bond donors (Lipinski definition) is 2. The van der Waals surface area contributed by atoms with Crippen molar-refractivity contribution < 1.29 is 8.42 Å². The highest BCUT2D eigenvalue weighted by Crippen LogP contribution is 2.04. The molecule has 1 aromatic carbocycles. The Morgan fingerprint density at radius 2 is 1.86 bits per heavy atom.